The molecule has 3 heterocycles. The molecule has 198 valence electrons. The number of hydrogen-bond acceptors (Lipinski definition) is 7. The largest absolute Gasteiger partial charge is 0.383 e. The zero-order valence-corrected chi connectivity index (χ0v) is 22.9. The molecule has 0 unspecified atom stereocenters. The van der Waals surface area contributed by atoms with E-state index in [-0.39, 0.29) is 5.60 Å². The van der Waals surface area contributed by atoms with Crippen molar-refractivity contribution in [3.63, 3.8) is 0 Å². The van der Waals surface area contributed by atoms with Gasteiger partial charge in [-0.3, -0.25) is 0 Å². The van der Waals surface area contributed by atoms with Crippen LogP contribution in [0.5, 0.6) is 0 Å². The minimum atomic E-state index is -0.0496. The third-order valence-corrected chi connectivity index (χ3v) is 7.57. The maximum absolute atomic E-state index is 6.57. The van der Waals surface area contributed by atoms with Gasteiger partial charge in [0, 0.05) is 50.1 Å². The number of methoxy groups -OCH3 is 1. The van der Waals surface area contributed by atoms with Crippen LogP contribution in [-0.2, 0) is 9.47 Å². The van der Waals surface area contributed by atoms with Crippen molar-refractivity contribution in [2.24, 2.45) is 5.92 Å². The summed E-state index contributed by atoms with van der Waals surface area (Å²) in [7, 11) is 1.75. The fourth-order valence-corrected chi connectivity index (χ4v) is 5.69. The summed E-state index contributed by atoms with van der Waals surface area (Å²) in [4.78, 5) is 9.42. The van der Waals surface area contributed by atoms with Crippen molar-refractivity contribution >= 4 is 23.2 Å². The van der Waals surface area contributed by atoms with E-state index in [1.807, 2.05) is 24.3 Å². The molecule has 0 amide bonds. The second-order valence-corrected chi connectivity index (χ2v) is 11.4. The topological polar surface area (TPSA) is 80.3 Å². The molecule has 0 aromatic carbocycles. The van der Waals surface area contributed by atoms with Crippen LogP contribution in [0.25, 0.3) is 11.3 Å². The average Bonchev–Trinajstić information content (AvgIpc) is 2.85. The number of aromatic nitrogens is 2. The summed E-state index contributed by atoms with van der Waals surface area (Å²) in [5.41, 5.74) is 1.70. The van der Waals surface area contributed by atoms with Gasteiger partial charge >= 0.3 is 0 Å². The van der Waals surface area contributed by atoms with Crippen molar-refractivity contribution in [2.45, 2.75) is 83.0 Å². The van der Waals surface area contributed by atoms with Gasteiger partial charge in [0.2, 0.25) is 0 Å². The van der Waals surface area contributed by atoms with Gasteiger partial charge in [-0.15, -0.1) is 0 Å². The fraction of sp³-hybridized carbons (Fsp3) is 0.643. The Morgan fingerprint density at radius 2 is 1.92 bits per heavy atom. The molecule has 2 fully saturated rings. The molecule has 2 aromatic heterocycles. The van der Waals surface area contributed by atoms with Gasteiger partial charge in [0.15, 0.2) is 0 Å². The molecule has 3 N–H and O–H groups in total. The quantitative estimate of drug-likeness (QED) is 0.371. The van der Waals surface area contributed by atoms with Crippen molar-refractivity contribution in [1.82, 2.24) is 15.3 Å². The summed E-state index contributed by atoms with van der Waals surface area (Å²) >= 11 is 6.57. The molecule has 36 heavy (non-hydrogen) atoms. The molecule has 0 radical (unpaired) electrons. The average molecular weight is 516 g/mol. The molecule has 2 atom stereocenters. The van der Waals surface area contributed by atoms with E-state index in [1.165, 1.54) is 0 Å². The molecule has 1 aliphatic heterocycles. The van der Waals surface area contributed by atoms with E-state index >= 15 is 0 Å². The highest BCUT2D eigenvalue weighted by Crippen LogP contribution is 2.31. The van der Waals surface area contributed by atoms with E-state index in [9.17, 15) is 0 Å². The van der Waals surface area contributed by atoms with Crippen LogP contribution in [0.1, 0.15) is 59.3 Å². The summed E-state index contributed by atoms with van der Waals surface area (Å²) < 4.78 is 11.1. The van der Waals surface area contributed by atoms with Crippen LogP contribution in [0.4, 0.5) is 11.6 Å². The number of hydrogen-bond donors (Lipinski definition) is 3. The van der Waals surface area contributed by atoms with Crippen molar-refractivity contribution < 1.29 is 9.47 Å². The highest BCUT2D eigenvalue weighted by molar-refractivity contribution is 6.33. The molecule has 1 aliphatic carbocycles. The number of anilines is 2. The SMILES string of the molecule is COC[C@H](C)N[C@H]1CC[C@H](Nc2cc(-c3cccc(NC[C@H]4CCOC(C)(C)C4)n3)c(Cl)cn2)CC1. The lowest BCUT2D eigenvalue weighted by molar-refractivity contribution is -0.0699. The Morgan fingerprint density at radius 3 is 2.67 bits per heavy atom. The van der Waals surface area contributed by atoms with E-state index in [1.54, 1.807) is 13.3 Å². The zero-order chi connectivity index (χ0) is 25.5. The second-order valence-electron chi connectivity index (χ2n) is 11.0. The molecule has 1 saturated heterocycles. The molecule has 8 heteroatoms. The van der Waals surface area contributed by atoms with Crippen LogP contribution in [0.15, 0.2) is 30.5 Å². The Kier molecular flexibility index (Phi) is 9.45. The van der Waals surface area contributed by atoms with Crippen LogP contribution in [0.2, 0.25) is 5.02 Å². The molecule has 2 aliphatic rings. The first kappa shape index (κ1) is 27.1. The van der Waals surface area contributed by atoms with Gasteiger partial charge in [-0.2, -0.15) is 0 Å². The summed E-state index contributed by atoms with van der Waals surface area (Å²) in [6, 6.07) is 9.42. The lowest BCUT2D eigenvalue weighted by Gasteiger charge is -2.35. The highest BCUT2D eigenvalue weighted by atomic mass is 35.5. The molecule has 1 saturated carbocycles. The van der Waals surface area contributed by atoms with Crippen molar-refractivity contribution in [1.29, 1.82) is 0 Å². The number of ether oxygens (including phenoxy) is 2. The van der Waals surface area contributed by atoms with Gasteiger partial charge in [0.1, 0.15) is 11.6 Å². The van der Waals surface area contributed by atoms with Crippen LogP contribution in [-0.4, -0.2) is 60.6 Å². The fourth-order valence-electron chi connectivity index (χ4n) is 5.49. The standard InChI is InChI=1S/C28H42ClN5O2/c1-19(18-35-4)32-21-8-10-22(11-9-21)33-27-14-23(24(29)17-31-27)25-6-5-7-26(34-25)30-16-20-12-13-36-28(2,3)15-20/h5-7,14,17,19-22,32H,8-13,15-16,18H2,1-4H3,(H,30,34)(H,31,33)/t19-,20-,21-,22-/m0/s1. The minimum absolute atomic E-state index is 0.0496. The van der Waals surface area contributed by atoms with Crippen molar-refractivity contribution in [3.8, 4) is 11.3 Å². The number of pyridine rings is 2. The Hall–Kier alpha value is -1.93. The predicted octanol–water partition coefficient (Wildman–Crippen LogP) is 5.76. The van der Waals surface area contributed by atoms with E-state index in [0.29, 0.717) is 29.1 Å². The highest BCUT2D eigenvalue weighted by Gasteiger charge is 2.28. The van der Waals surface area contributed by atoms with Crippen molar-refractivity contribution in [2.75, 3.05) is 37.5 Å². The second kappa shape index (κ2) is 12.5. The summed E-state index contributed by atoms with van der Waals surface area (Å²) in [5.74, 6) is 2.30. The molecule has 0 spiro atoms. The smallest absolute Gasteiger partial charge is 0.126 e. The van der Waals surface area contributed by atoms with Gasteiger partial charge in [-0.1, -0.05) is 17.7 Å². The van der Waals surface area contributed by atoms with E-state index < -0.39 is 0 Å². The number of nitrogens with zero attached hydrogens (tertiary/aromatic N) is 2. The van der Waals surface area contributed by atoms with Crippen LogP contribution in [0.3, 0.4) is 0 Å². The lowest BCUT2D eigenvalue weighted by atomic mass is 9.88. The monoisotopic (exact) mass is 515 g/mol. The van der Waals surface area contributed by atoms with E-state index in [4.69, 9.17) is 26.1 Å². The van der Waals surface area contributed by atoms with Gasteiger partial charge in [-0.05, 0) is 83.4 Å². The zero-order valence-electron chi connectivity index (χ0n) is 22.1. The maximum Gasteiger partial charge on any atom is 0.126 e. The van der Waals surface area contributed by atoms with Crippen molar-refractivity contribution in [3.05, 3.63) is 35.5 Å². The Morgan fingerprint density at radius 1 is 1.14 bits per heavy atom. The summed E-state index contributed by atoms with van der Waals surface area (Å²) in [6.45, 7) is 8.97. The molecule has 0 bridgehead atoms. The number of rotatable bonds is 10. The minimum Gasteiger partial charge on any atom is -0.383 e. The first-order chi connectivity index (χ1) is 17.3. The first-order valence-electron chi connectivity index (χ1n) is 13.3. The van der Waals surface area contributed by atoms with Crippen LogP contribution < -0.4 is 16.0 Å². The van der Waals surface area contributed by atoms with E-state index in [0.717, 1.165) is 81.2 Å². The van der Waals surface area contributed by atoms with Crippen LogP contribution >= 0.6 is 11.6 Å². The Balaban J connectivity index is 1.34. The van der Waals surface area contributed by atoms with E-state index in [2.05, 4.69) is 41.7 Å². The normalized spacial score (nSPS) is 24.8. The Labute approximate surface area is 221 Å². The number of halogens is 1. The third-order valence-electron chi connectivity index (χ3n) is 7.27. The molecule has 4 rings (SSSR count). The van der Waals surface area contributed by atoms with Gasteiger partial charge < -0.3 is 25.4 Å². The van der Waals surface area contributed by atoms with Gasteiger partial charge in [0.05, 0.1) is 22.9 Å². The summed E-state index contributed by atoms with van der Waals surface area (Å²) in [6.07, 6.45) is 8.36. The molecule has 2 aromatic rings. The number of nitrogens with one attached hydrogen (secondary N) is 3. The maximum atomic E-state index is 6.57. The lowest BCUT2D eigenvalue weighted by Crippen LogP contribution is -2.42. The molecule has 7 nitrogen and oxygen atoms in total. The predicted molar refractivity (Wildman–Crippen MR) is 148 cm³/mol. The van der Waals surface area contributed by atoms with Gasteiger partial charge in [0.25, 0.3) is 0 Å². The van der Waals surface area contributed by atoms with Gasteiger partial charge in [-0.25, -0.2) is 9.97 Å². The molecular formula is C28H42ClN5O2. The molecular weight excluding hydrogens is 474 g/mol. The third kappa shape index (κ3) is 7.78. The summed E-state index contributed by atoms with van der Waals surface area (Å²) in [5, 5.41) is 11.4. The van der Waals surface area contributed by atoms with Crippen LogP contribution in [0, 0.1) is 5.92 Å². The first-order valence-corrected chi connectivity index (χ1v) is 13.7. The Bertz CT molecular complexity index is 980.